The molecule has 1 aliphatic carbocycles. The Balaban J connectivity index is 1.49. The van der Waals surface area contributed by atoms with Crippen LogP contribution < -0.4 is 10.2 Å². The van der Waals surface area contributed by atoms with Crippen molar-refractivity contribution in [2.24, 2.45) is 0 Å². The van der Waals surface area contributed by atoms with E-state index in [1.165, 1.54) is 21.8 Å². The fraction of sp³-hybridized carbons (Fsp3) is 0.286. The van der Waals surface area contributed by atoms with Crippen molar-refractivity contribution in [2.45, 2.75) is 51.2 Å². The minimum atomic E-state index is -0.923. The molecule has 4 aromatic rings. The Morgan fingerprint density at radius 2 is 1.82 bits per heavy atom. The van der Waals surface area contributed by atoms with Crippen LogP contribution in [0, 0.1) is 12.7 Å². The molecule has 2 aromatic heterocycles. The highest BCUT2D eigenvalue weighted by Crippen LogP contribution is 2.30. The molecule has 0 bridgehead atoms. The summed E-state index contributed by atoms with van der Waals surface area (Å²) < 4.78 is 13.3. The molecule has 38 heavy (non-hydrogen) atoms. The van der Waals surface area contributed by atoms with Crippen LogP contribution in [-0.4, -0.2) is 43.0 Å². The van der Waals surface area contributed by atoms with Crippen LogP contribution in [0.3, 0.4) is 0 Å². The highest BCUT2D eigenvalue weighted by atomic mass is 19.1. The van der Waals surface area contributed by atoms with Crippen molar-refractivity contribution in [3.63, 3.8) is 0 Å². The maximum absolute atomic E-state index is 13.9. The van der Waals surface area contributed by atoms with Crippen molar-refractivity contribution in [3.05, 3.63) is 90.0 Å². The van der Waals surface area contributed by atoms with Gasteiger partial charge in [0.1, 0.15) is 18.4 Å². The molecule has 194 valence electrons. The lowest BCUT2D eigenvalue weighted by Gasteiger charge is -2.32. The van der Waals surface area contributed by atoms with Gasteiger partial charge in [-0.2, -0.15) is 4.80 Å². The molecule has 0 saturated heterocycles. The number of rotatable bonds is 8. The summed E-state index contributed by atoms with van der Waals surface area (Å²) in [6.45, 7) is 1.68. The third kappa shape index (κ3) is 5.74. The van der Waals surface area contributed by atoms with Crippen molar-refractivity contribution >= 4 is 17.5 Å². The molecule has 2 aromatic carbocycles. The van der Waals surface area contributed by atoms with Gasteiger partial charge in [0, 0.05) is 29.7 Å². The zero-order valence-corrected chi connectivity index (χ0v) is 21.0. The molecule has 1 aliphatic rings. The van der Waals surface area contributed by atoms with E-state index < -0.39 is 6.04 Å². The maximum Gasteiger partial charge on any atom is 0.251 e. The Morgan fingerprint density at radius 3 is 2.53 bits per heavy atom. The molecule has 1 atom stereocenters. The fourth-order valence-electron chi connectivity index (χ4n) is 4.75. The first-order chi connectivity index (χ1) is 18.5. The molecule has 1 saturated carbocycles. The van der Waals surface area contributed by atoms with Crippen LogP contribution in [0.1, 0.15) is 42.9 Å². The summed E-state index contributed by atoms with van der Waals surface area (Å²) in [5, 5.41) is 15.5. The highest BCUT2D eigenvalue weighted by Gasteiger charge is 2.34. The lowest BCUT2D eigenvalue weighted by atomic mass is 10.0. The Hall–Kier alpha value is -4.47. The third-order valence-electron chi connectivity index (χ3n) is 6.61. The van der Waals surface area contributed by atoms with E-state index in [0.29, 0.717) is 16.8 Å². The van der Waals surface area contributed by atoms with Crippen LogP contribution in [0.2, 0.25) is 0 Å². The summed E-state index contributed by atoms with van der Waals surface area (Å²) in [5.74, 6) is -0.744. The van der Waals surface area contributed by atoms with Crippen molar-refractivity contribution in [2.75, 3.05) is 4.90 Å². The van der Waals surface area contributed by atoms with Gasteiger partial charge in [0.05, 0.1) is 0 Å². The van der Waals surface area contributed by atoms with Gasteiger partial charge < -0.3 is 5.32 Å². The second kappa shape index (κ2) is 11.3. The molecule has 0 radical (unpaired) electrons. The van der Waals surface area contributed by atoms with E-state index in [1.807, 2.05) is 25.1 Å². The van der Waals surface area contributed by atoms with Crippen LogP contribution in [0.4, 0.5) is 10.1 Å². The standard InChI is InChI=1S/C28H28FN7O2/c1-19-5-4-8-24(17-19)36(25(37)18-35-33-27(32-34-35)21-9-11-22(29)12-10-21)26(20-13-15-30-16-14-20)28(38)31-23-6-2-3-7-23/h4-5,8-17,23,26H,2-3,6-7,18H2,1H3,(H,31,38). The van der Waals surface area contributed by atoms with Gasteiger partial charge in [0.2, 0.25) is 11.7 Å². The molecule has 1 unspecified atom stereocenters. The number of anilines is 1. The zero-order chi connectivity index (χ0) is 26.5. The molecule has 2 heterocycles. The van der Waals surface area contributed by atoms with Gasteiger partial charge in [-0.05, 0) is 84.6 Å². The van der Waals surface area contributed by atoms with Gasteiger partial charge in [-0.3, -0.25) is 19.5 Å². The van der Waals surface area contributed by atoms with Crippen molar-refractivity contribution in [3.8, 4) is 11.4 Å². The third-order valence-corrected chi connectivity index (χ3v) is 6.61. The van der Waals surface area contributed by atoms with Crippen LogP contribution >= 0.6 is 0 Å². The van der Waals surface area contributed by atoms with E-state index in [4.69, 9.17) is 0 Å². The maximum atomic E-state index is 13.9. The van der Waals surface area contributed by atoms with E-state index in [0.717, 1.165) is 31.2 Å². The number of halogens is 1. The van der Waals surface area contributed by atoms with Crippen molar-refractivity contribution in [1.29, 1.82) is 0 Å². The summed E-state index contributed by atoms with van der Waals surface area (Å²) in [7, 11) is 0. The molecule has 0 aliphatic heterocycles. The minimum Gasteiger partial charge on any atom is -0.351 e. The number of hydrogen-bond acceptors (Lipinski definition) is 6. The summed E-state index contributed by atoms with van der Waals surface area (Å²) in [6.07, 6.45) is 7.19. The number of aromatic nitrogens is 5. The Morgan fingerprint density at radius 1 is 1.08 bits per heavy atom. The second-order valence-corrected chi connectivity index (χ2v) is 9.43. The van der Waals surface area contributed by atoms with Gasteiger partial charge >= 0.3 is 0 Å². The number of nitrogens with zero attached hydrogens (tertiary/aromatic N) is 6. The number of nitrogens with one attached hydrogen (secondary N) is 1. The zero-order valence-electron chi connectivity index (χ0n) is 21.0. The molecular weight excluding hydrogens is 485 g/mol. The Labute approximate surface area is 219 Å². The smallest absolute Gasteiger partial charge is 0.251 e. The molecule has 2 amide bonds. The first-order valence-corrected chi connectivity index (χ1v) is 12.6. The first-order valence-electron chi connectivity index (χ1n) is 12.6. The van der Waals surface area contributed by atoms with Crippen LogP contribution in [-0.2, 0) is 16.1 Å². The van der Waals surface area contributed by atoms with Crippen LogP contribution in [0.5, 0.6) is 0 Å². The number of amides is 2. The van der Waals surface area contributed by atoms with E-state index in [-0.39, 0.29) is 36.0 Å². The summed E-state index contributed by atoms with van der Waals surface area (Å²) >= 11 is 0. The SMILES string of the molecule is Cc1cccc(N(C(=O)Cn2nnc(-c3ccc(F)cc3)n2)C(C(=O)NC2CCCC2)c2ccncc2)c1. The van der Waals surface area contributed by atoms with E-state index >= 15 is 0 Å². The molecule has 5 rings (SSSR count). The summed E-state index contributed by atoms with van der Waals surface area (Å²) in [5.41, 5.74) is 2.75. The number of carbonyl (C=O) groups is 2. The minimum absolute atomic E-state index is 0.0801. The number of benzene rings is 2. The Bertz CT molecular complexity index is 1400. The number of aryl methyl sites for hydroxylation is 1. The number of pyridine rings is 1. The Kier molecular flexibility index (Phi) is 7.48. The van der Waals surface area contributed by atoms with Gasteiger partial charge in [-0.15, -0.1) is 10.2 Å². The predicted octanol–water partition coefficient (Wildman–Crippen LogP) is 4.02. The van der Waals surface area contributed by atoms with E-state index in [1.54, 1.807) is 42.7 Å². The second-order valence-electron chi connectivity index (χ2n) is 9.43. The van der Waals surface area contributed by atoms with Gasteiger partial charge in [-0.25, -0.2) is 4.39 Å². The molecule has 9 nitrogen and oxygen atoms in total. The summed E-state index contributed by atoms with van der Waals surface area (Å²) in [6, 6.07) is 15.8. The largest absolute Gasteiger partial charge is 0.351 e. The van der Waals surface area contributed by atoms with Gasteiger partial charge in [-0.1, -0.05) is 25.0 Å². The average molecular weight is 514 g/mol. The van der Waals surface area contributed by atoms with Crippen molar-refractivity contribution in [1.82, 2.24) is 30.5 Å². The topological polar surface area (TPSA) is 106 Å². The van der Waals surface area contributed by atoms with Gasteiger partial charge in [0.15, 0.2) is 0 Å². The number of carbonyl (C=O) groups excluding carboxylic acids is 2. The quantitative estimate of drug-likeness (QED) is 0.382. The molecule has 10 heteroatoms. The normalized spacial score (nSPS) is 14.3. The van der Waals surface area contributed by atoms with Gasteiger partial charge in [0.25, 0.3) is 5.91 Å². The lowest BCUT2D eigenvalue weighted by Crippen LogP contribution is -2.47. The van der Waals surface area contributed by atoms with E-state index in [2.05, 4.69) is 25.7 Å². The number of hydrogen-bond donors (Lipinski definition) is 1. The van der Waals surface area contributed by atoms with E-state index in [9.17, 15) is 14.0 Å². The monoisotopic (exact) mass is 513 g/mol. The van der Waals surface area contributed by atoms with Crippen LogP contribution in [0.15, 0.2) is 73.1 Å². The predicted molar refractivity (Wildman–Crippen MR) is 139 cm³/mol. The lowest BCUT2D eigenvalue weighted by molar-refractivity contribution is -0.127. The summed E-state index contributed by atoms with van der Waals surface area (Å²) in [4.78, 5) is 34.5. The molecule has 1 N–H and O–H groups in total. The fourth-order valence-corrected chi connectivity index (χ4v) is 4.75. The first kappa shape index (κ1) is 25.2. The average Bonchev–Trinajstić information content (AvgIpc) is 3.60. The molecule has 0 spiro atoms. The molecule has 1 fully saturated rings. The highest BCUT2D eigenvalue weighted by molar-refractivity contribution is 6.01. The molecular formula is C28H28FN7O2. The van der Waals surface area contributed by atoms with Crippen molar-refractivity contribution < 1.29 is 14.0 Å². The van der Waals surface area contributed by atoms with Crippen LogP contribution in [0.25, 0.3) is 11.4 Å². The number of tetrazole rings is 1.